The van der Waals surface area contributed by atoms with Gasteiger partial charge in [-0.2, -0.15) is 0 Å². The van der Waals surface area contributed by atoms with Gasteiger partial charge in [-0.3, -0.25) is 0 Å². The van der Waals surface area contributed by atoms with Crippen molar-refractivity contribution in [3.8, 4) is 0 Å². The molecule has 88 valence electrons. The summed E-state index contributed by atoms with van der Waals surface area (Å²) in [5.41, 5.74) is 1.23. The second kappa shape index (κ2) is 7.01. The Balaban J connectivity index is 2.50. The van der Waals surface area contributed by atoms with Gasteiger partial charge in [0.25, 0.3) is 0 Å². The Kier molecular flexibility index (Phi) is 5.57. The van der Waals surface area contributed by atoms with Crippen molar-refractivity contribution in [1.82, 2.24) is 10.3 Å². The highest BCUT2D eigenvalue weighted by Crippen LogP contribution is 2.09. The second-order valence-electron chi connectivity index (χ2n) is 3.87. The summed E-state index contributed by atoms with van der Waals surface area (Å²) in [7, 11) is 2.01. The van der Waals surface area contributed by atoms with Crippen LogP contribution in [0.3, 0.4) is 0 Å². The molecule has 0 unspecified atom stereocenters. The normalized spacial score (nSPS) is 10.1. The molecule has 0 amide bonds. The fourth-order valence-corrected chi connectivity index (χ4v) is 1.44. The Morgan fingerprint density at radius 3 is 2.88 bits per heavy atom. The van der Waals surface area contributed by atoms with Gasteiger partial charge in [-0.15, -0.1) is 6.58 Å². The third kappa shape index (κ3) is 4.03. The van der Waals surface area contributed by atoms with Gasteiger partial charge in [-0.25, -0.2) is 4.98 Å². The molecule has 0 saturated carbocycles. The molecule has 1 aromatic heterocycles. The van der Waals surface area contributed by atoms with Gasteiger partial charge in [0.05, 0.1) is 0 Å². The van der Waals surface area contributed by atoms with Crippen molar-refractivity contribution in [2.75, 3.05) is 25.0 Å². The van der Waals surface area contributed by atoms with E-state index < -0.39 is 0 Å². The predicted molar refractivity (Wildman–Crippen MR) is 69.7 cm³/mol. The van der Waals surface area contributed by atoms with E-state index >= 15 is 0 Å². The minimum Gasteiger partial charge on any atom is -0.356 e. The fraction of sp³-hybridized carbons (Fsp3) is 0.462. The zero-order valence-electron chi connectivity index (χ0n) is 10.2. The number of anilines is 1. The van der Waals surface area contributed by atoms with Crippen molar-refractivity contribution >= 4 is 5.82 Å². The van der Waals surface area contributed by atoms with Crippen LogP contribution in [-0.2, 0) is 6.54 Å². The fourth-order valence-electron chi connectivity index (χ4n) is 1.44. The molecular weight excluding hydrogens is 198 g/mol. The zero-order chi connectivity index (χ0) is 11.8. The lowest BCUT2D eigenvalue weighted by atomic mass is 10.2. The van der Waals surface area contributed by atoms with Crippen LogP contribution >= 0.6 is 0 Å². The summed E-state index contributed by atoms with van der Waals surface area (Å²) in [5.74, 6) is 0.985. The minimum absolute atomic E-state index is 0.820. The van der Waals surface area contributed by atoms with E-state index in [1.807, 2.05) is 25.4 Å². The number of rotatable bonds is 7. The molecule has 1 aromatic rings. The smallest absolute Gasteiger partial charge is 0.128 e. The van der Waals surface area contributed by atoms with Crippen LogP contribution < -0.4 is 10.2 Å². The lowest BCUT2D eigenvalue weighted by Gasteiger charge is -2.15. The summed E-state index contributed by atoms with van der Waals surface area (Å²) in [6, 6.07) is 4.16. The van der Waals surface area contributed by atoms with Gasteiger partial charge in [0.15, 0.2) is 0 Å². The van der Waals surface area contributed by atoms with Gasteiger partial charge in [0.1, 0.15) is 5.82 Å². The first-order chi connectivity index (χ1) is 7.77. The van der Waals surface area contributed by atoms with Crippen LogP contribution in [0.2, 0.25) is 0 Å². The van der Waals surface area contributed by atoms with Crippen LogP contribution in [0, 0.1) is 0 Å². The molecule has 3 heteroatoms. The maximum atomic E-state index is 4.41. The number of nitrogens with one attached hydrogen (secondary N) is 1. The molecule has 0 aliphatic carbocycles. The largest absolute Gasteiger partial charge is 0.356 e. The van der Waals surface area contributed by atoms with E-state index in [1.165, 1.54) is 5.56 Å². The van der Waals surface area contributed by atoms with Crippen LogP contribution in [0.4, 0.5) is 5.82 Å². The average Bonchev–Trinajstić information content (AvgIpc) is 2.30. The van der Waals surface area contributed by atoms with E-state index in [9.17, 15) is 0 Å². The van der Waals surface area contributed by atoms with Crippen LogP contribution in [0.1, 0.15) is 18.9 Å². The van der Waals surface area contributed by atoms with Crippen LogP contribution in [-0.4, -0.2) is 25.1 Å². The van der Waals surface area contributed by atoms with E-state index in [2.05, 4.69) is 34.8 Å². The Morgan fingerprint density at radius 1 is 1.50 bits per heavy atom. The first-order valence-electron chi connectivity index (χ1n) is 5.75. The standard InChI is InChI=1S/C13H21N3/c1-4-8-14-10-12-6-7-13(15-11-12)16(3)9-5-2/h5-7,11,14H,2,4,8-10H2,1,3H3. The SMILES string of the molecule is C=CCN(C)c1ccc(CNCCC)cn1. The Hall–Kier alpha value is -1.35. The molecule has 0 atom stereocenters. The van der Waals surface area contributed by atoms with Gasteiger partial charge in [0.2, 0.25) is 0 Å². The zero-order valence-corrected chi connectivity index (χ0v) is 10.2. The van der Waals surface area contributed by atoms with Gasteiger partial charge in [-0.1, -0.05) is 19.1 Å². The highest BCUT2D eigenvalue weighted by molar-refractivity contribution is 5.38. The van der Waals surface area contributed by atoms with Crippen LogP contribution in [0.15, 0.2) is 31.0 Å². The van der Waals surface area contributed by atoms with Crippen molar-refractivity contribution < 1.29 is 0 Å². The first kappa shape index (κ1) is 12.7. The van der Waals surface area contributed by atoms with Gasteiger partial charge < -0.3 is 10.2 Å². The summed E-state index contributed by atoms with van der Waals surface area (Å²) < 4.78 is 0. The number of hydrogen-bond donors (Lipinski definition) is 1. The highest BCUT2D eigenvalue weighted by atomic mass is 15.1. The number of nitrogens with zero attached hydrogens (tertiary/aromatic N) is 2. The van der Waals surface area contributed by atoms with E-state index in [0.29, 0.717) is 0 Å². The van der Waals surface area contributed by atoms with Gasteiger partial charge >= 0.3 is 0 Å². The van der Waals surface area contributed by atoms with Crippen molar-refractivity contribution in [2.45, 2.75) is 19.9 Å². The molecule has 0 radical (unpaired) electrons. The summed E-state index contributed by atoms with van der Waals surface area (Å²) >= 11 is 0. The average molecular weight is 219 g/mol. The number of likely N-dealkylation sites (N-methyl/N-ethyl adjacent to an activating group) is 1. The van der Waals surface area contributed by atoms with Crippen LogP contribution in [0.5, 0.6) is 0 Å². The van der Waals surface area contributed by atoms with Crippen molar-refractivity contribution in [3.05, 3.63) is 36.5 Å². The van der Waals surface area contributed by atoms with E-state index in [0.717, 1.165) is 31.9 Å². The summed E-state index contributed by atoms with van der Waals surface area (Å²) in [5, 5.41) is 3.36. The Morgan fingerprint density at radius 2 is 2.31 bits per heavy atom. The summed E-state index contributed by atoms with van der Waals surface area (Å²) in [4.78, 5) is 6.48. The molecule has 3 nitrogen and oxygen atoms in total. The third-order valence-electron chi connectivity index (χ3n) is 2.36. The molecule has 0 bridgehead atoms. The van der Waals surface area contributed by atoms with Gasteiger partial charge in [-0.05, 0) is 24.6 Å². The molecule has 1 N–H and O–H groups in total. The van der Waals surface area contributed by atoms with Crippen molar-refractivity contribution in [2.24, 2.45) is 0 Å². The lowest BCUT2D eigenvalue weighted by molar-refractivity contribution is 0.674. The second-order valence-corrected chi connectivity index (χ2v) is 3.87. The maximum absolute atomic E-state index is 4.41. The topological polar surface area (TPSA) is 28.2 Å². The number of hydrogen-bond acceptors (Lipinski definition) is 3. The molecule has 16 heavy (non-hydrogen) atoms. The van der Waals surface area contributed by atoms with E-state index in [1.54, 1.807) is 0 Å². The molecule has 0 aliphatic heterocycles. The number of aromatic nitrogens is 1. The van der Waals surface area contributed by atoms with Crippen molar-refractivity contribution in [1.29, 1.82) is 0 Å². The highest BCUT2D eigenvalue weighted by Gasteiger charge is 1.99. The number of pyridine rings is 1. The first-order valence-corrected chi connectivity index (χ1v) is 5.75. The third-order valence-corrected chi connectivity index (χ3v) is 2.36. The maximum Gasteiger partial charge on any atom is 0.128 e. The molecule has 1 rings (SSSR count). The lowest BCUT2D eigenvalue weighted by Crippen LogP contribution is -2.18. The molecule has 0 fully saturated rings. The predicted octanol–water partition coefficient (Wildman–Crippen LogP) is 2.20. The molecular formula is C13H21N3. The van der Waals surface area contributed by atoms with Gasteiger partial charge in [0, 0.05) is 26.3 Å². The molecule has 0 spiro atoms. The quantitative estimate of drug-likeness (QED) is 0.563. The molecule has 0 aromatic carbocycles. The molecule has 1 heterocycles. The Bertz CT molecular complexity index is 305. The summed E-state index contributed by atoms with van der Waals surface area (Å²) in [6.07, 6.45) is 4.96. The van der Waals surface area contributed by atoms with E-state index in [4.69, 9.17) is 0 Å². The molecule has 0 aliphatic rings. The minimum atomic E-state index is 0.820. The monoisotopic (exact) mass is 219 g/mol. The van der Waals surface area contributed by atoms with E-state index in [-0.39, 0.29) is 0 Å². The Labute approximate surface area is 98.2 Å². The molecule has 0 saturated heterocycles. The van der Waals surface area contributed by atoms with Crippen LogP contribution in [0.25, 0.3) is 0 Å². The van der Waals surface area contributed by atoms with Crippen molar-refractivity contribution in [3.63, 3.8) is 0 Å². The summed E-state index contributed by atoms with van der Waals surface area (Å²) in [6.45, 7) is 8.65.